The summed E-state index contributed by atoms with van der Waals surface area (Å²) in [4.78, 5) is 12.5. The molecule has 0 aliphatic carbocycles. The second-order valence-electron chi connectivity index (χ2n) is 6.18. The summed E-state index contributed by atoms with van der Waals surface area (Å²) in [5.41, 5.74) is 3.51. The quantitative estimate of drug-likeness (QED) is 0.573. The van der Waals surface area contributed by atoms with Gasteiger partial charge in [0.25, 0.3) is 5.91 Å². The van der Waals surface area contributed by atoms with Gasteiger partial charge >= 0.3 is 0 Å². The first-order chi connectivity index (χ1) is 13.0. The predicted octanol–water partition coefficient (Wildman–Crippen LogP) is 4.65. The summed E-state index contributed by atoms with van der Waals surface area (Å²) in [5.74, 6) is 0.761. The number of aryl methyl sites for hydroxylation is 2. The summed E-state index contributed by atoms with van der Waals surface area (Å²) in [7, 11) is 1.58. The average molecular weight is 364 g/mol. The first-order valence-electron chi connectivity index (χ1n) is 8.79. The molecule has 140 valence electrons. The molecule has 0 aliphatic heterocycles. The smallest absolute Gasteiger partial charge is 0.266 e. The lowest BCUT2D eigenvalue weighted by atomic mass is 10.1. The lowest BCUT2D eigenvalue weighted by Gasteiger charge is -2.11. The van der Waals surface area contributed by atoms with Gasteiger partial charge in [0, 0.05) is 17.3 Å². The zero-order valence-electron chi connectivity index (χ0n) is 16.1. The van der Waals surface area contributed by atoms with E-state index in [4.69, 9.17) is 9.47 Å². The van der Waals surface area contributed by atoms with Crippen LogP contribution in [0.1, 0.15) is 30.0 Å². The van der Waals surface area contributed by atoms with Crippen molar-refractivity contribution in [2.24, 2.45) is 0 Å². The van der Waals surface area contributed by atoms with E-state index >= 15 is 0 Å². The number of benzene rings is 2. The Kier molecular flexibility index (Phi) is 7.01. The van der Waals surface area contributed by atoms with E-state index in [9.17, 15) is 10.1 Å². The molecular weight excluding hydrogens is 340 g/mol. The molecule has 5 nitrogen and oxygen atoms in total. The summed E-state index contributed by atoms with van der Waals surface area (Å²) in [6.07, 6.45) is 2.37. The molecule has 1 amide bonds. The Morgan fingerprint density at radius 2 is 1.96 bits per heavy atom. The van der Waals surface area contributed by atoms with Crippen LogP contribution in [0, 0.1) is 25.2 Å². The van der Waals surface area contributed by atoms with Gasteiger partial charge in [0.15, 0.2) is 0 Å². The van der Waals surface area contributed by atoms with Gasteiger partial charge < -0.3 is 14.8 Å². The number of carbonyl (C=O) groups excluding carboxylic acids is 1. The van der Waals surface area contributed by atoms with Crippen LogP contribution in [0.2, 0.25) is 0 Å². The summed E-state index contributed by atoms with van der Waals surface area (Å²) in [6, 6.07) is 12.9. The van der Waals surface area contributed by atoms with Crippen LogP contribution in [0.3, 0.4) is 0 Å². The molecule has 1 N–H and O–H groups in total. The van der Waals surface area contributed by atoms with E-state index in [1.165, 1.54) is 6.08 Å². The van der Waals surface area contributed by atoms with Gasteiger partial charge in [-0.1, -0.05) is 13.0 Å². The molecule has 0 saturated carbocycles. The number of nitrogens with zero attached hydrogens (tertiary/aromatic N) is 1. The topological polar surface area (TPSA) is 71.3 Å². The maximum absolute atomic E-state index is 12.5. The van der Waals surface area contributed by atoms with Crippen molar-refractivity contribution in [3.8, 4) is 17.6 Å². The highest BCUT2D eigenvalue weighted by atomic mass is 16.5. The molecule has 0 unspecified atom stereocenters. The third-order valence-corrected chi connectivity index (χ3v) is 4.11. The molecular formula is C22H24N2O3. The zero-order chi connectivity index (χ0) is 19.8. The van der Waals surface area contributed by atoms with Crippen LogP contribution in [-0.2, 0) is 4.79 Å². The monoisotopic (exact) mass is 364 g/mol. The summed E-state index contributed by atoms with van der Waals surface area (Å²) >= 11 is 0. The molecule has 0 heterocycles. The maximum atomic E-state index is 12.5. The van der Waals surface area contributed by atoms with Crippen molar-refractivity contribution in [3.05, 3.63) is 58.7 Å². The molecule has 0 saturated heterocycles. The number of hydrogen-bond acceptors (Lipinski definition) is 4. The van der Waals surface area contributed by atoms with Crippen LogP contribution in [0.25, 0.3) is 6.08 Å². The first kappa shape index (κ1) is 20.1. The highest BCUT2D eigenvalue weighted by molar-refractivity contribution is 6.09. The normalized spacial score (nSPS) is 10.9. The molecule has 0 atom stereocenters. The summed E-state index contributed by atoms with van der Waals surface area (Å²) in [6.45, 7) is 6.52. The number of hydrogen-bond donors (Lipinski definition) is 1. The number of ether oxygens (including phenoxy) is 2. The first-order valence-corrected chi connectivity index (χ1v) is 8.79. The minimum atomic E-state index is -0.460. The van der Waals surface area contributed by atoms with Gasteiger partial charge in [0.2, 0.25) is 0 Å². The molecule has 2 aromatic carbocycles. The number of amides is 1. The number of nitriles is 1. The van der Waals surface area contributed by atoms with E-state index in [-0.39, 0.29) is 5.57 Å². The average Bonchev–Trinajstić information content (AvgIpc) is 2.67. The van der Waals surface area contributed by atoms with E-state index in [2.05, 4.69) is 5.32 Å². The number of carbonyl (C=O) groups is 1. The molecule has 5 heteroatoms. The number of nitrogens with one attached hydrogen (secondary N) is 1. The van der Waals surface area contributed by atoms with Crippen molar-refractivity contribution in [1.29, 1.82) is 5.26 Å². The highest BCUT2D eigenvalue weighted by Crippen LogP contribution is 2.27. The Labute approximate surface area is 160 Å². The largest absolute Gasteiger partial charge is 0.497 e. The van der Waals surface area contributed by atoms with Crippen molar-refractivity contribution in [2.45, 2.75) is 27.2 Å². The van der Waals surface area contributed by atoms with Crippen LogP contribution >= 0.6 is 0 Å². The van der Waals surface area contributed by atoms with Gasteiger partial charge in [-0.3, -0.25) is 4.79 Å². The zero-order valence-corrected chi connectivity index (χ0v) is 16.1. The second kappa shape index (κ2) is 9.44. The van der Waals surface area contributed by atoms with Gasteiger partial charge in [-0.2, -0.15) is 5.26 Å². The Balaban J connectivity index is 2.29. The lowest BCUT2D eigenvalue weighted by Crippen LogP contribution is -2.13. The predicted molar refractivity (Wildman–Crippen MR) is 107 cm³/mol. The maximum Gasteiger partial charge on any atom is 0.266 e. The van der Waals surface area contributed by atoms with Crippen molar-refractivity contribution < 1.29 is 14.3 Å². The van der Waals surface area contributed by atoms with E-state index < -0.39 is 5.91 Å². The van der Waals surface area contributed by atoms with Crippen LogP contribution in [0.5, 0.6) is 11.5 Å². The Bertz CT molecular complexity index is 895. The second-order valence-corrected chi connectivity index (χ2v) is 6.18. The Morgan fingerprint density at radius 3 is 2.59 bits per heavy atom. The summed E-state index contributed by atoms with van der Waals surface area (Å²) in [5, 5.41) is 12.2. The van der Waals surface area contributed by atoms with Gasteiger partial charge in [0.1, 0.15) is 23.1 Å². The van der Waals surface area contributed by atoms with Crippen molar-refractivity contribution >= 4 is 17.7 Å². The molecule has 0 aliphatic rings. The van der Waals surface area contributed by atoms with E-state index in [0.717, 1.165) is 17.5 Å². The van der Waals surface area contributed by atoms with Crippen molar-refractivity contribution in [2.75, 3.05) is 19.0 Å². The van der Waals surface area contributed by atoms with Gasteiger partial charge in [-0.15, -0.1) is 0 Å². The summed E-state index contributed by atoms with van der Waals surface area (Å²) < 4.78 is 11.0. The van der Waals surface area contributed by atoms with Gasteiger partial charge in [0.05, 0.1) is 13.7 Å². The molecule has 0 radical (unpaired) electrons. The molecule has 2 aromatic rings. The molecule has 2 rings (SSSR count). The van der Waals surface area contributed by atoms with Crippen LogP contribution in [0.4, 0.5) is 5.69 Å². The van der Waals surface area contributed by atoms with E-state index in [1.54, 1.807) is 25.3 Å². The molecule has 27 heavy (non-hydrogen) atoms. The van der Waals surface area contributed by atoms with E-state index in [0.29, 0.717) is 29.4 Å². The SMILES string of the molecule is CCCOc1cc(OC)ccc1/C=C(\C#N)C(=O)Nc1ccc(C)c(C)c1. The van der Waals surface area contributed by atoms with Crippen molar-refractivity contribution in [1.82, 2.24) is 0 Å². The third kappa shape index (κ3) is 5.35. The highest BCUT2D eigenvalue weighted by Gasteiger charge is 2.12. The molecule has 0 aromatic heterocycles. The van der Waals surface area contributed by atoms with Crippen molar-refractivity contribution in [3.63, 3.8) is 0 Å². The Hall–Kier alpha value is -3.26. The standard InChI is InChI=1S/C22H24N2O3/c1-5-10-27-21-13-20(26-4)9-7-17(21)12-18(14-23)22(25)24-19-8-6-15(2)16(3)11-19/h6-9,11-13H,5,10H2,1-4H3,(H,24,25)/b18-12+. The van der Waals surface area contributed by atoms with E-state index in [1.807, 2.05) is 45.0 Å². The fourth-order valence-corrected chi connectivity index (χ4v) is 2.42. The Morgan fingerprint density at radius 1 is 1.19 bits per heavy atom. The number of rotatable bonds is 7. The van der Waals surface area contributed by atoms with Gasteiger partial charge in [-0.05, 0) is 61.7 Å². The molecule has 0 spiro atoms. The number of anilines is 1. The molecule has 0 bridgehead atoms. The van der Waals surface area contributed by atoms with Gasteiger partial charge in [-0.25, -0.2) is 0 Å². The third-order valence-electron chi connectivity index (χ3n) is 4.11. The lowest BCUT2D eigenvalue weighted by molar-refractivity contribution is -0.112. The fourth-order valence-electron chi connectivity index (χ4n) is 2.42. The van der Waals surface area contributed by atoms with Crippen LogP contribution in [0.15, 0.2) is 42.0 Å². The molecule has 0 fully saturated rings. The number of methoxy groups -OCH3 is 1. The minimum absolute atomic E-state index is 0.000238. The minimum Gasteiger partial charge on any atom is -0.497 e. The van der Waals surface area contributed by atoms with Crippen LogP contribution < -0.4 is 14.8 Å². The van der Waals surface area contributed by atoms with Crippen LogP contribution in [-0.4, -0.2) is 19.6 Å². The fraction of sp³-hybridized carbons (Fsp3) is 0.273.